The summed E-state index contributed by atoms with van der Waals surface area (Å²) < 4.78 is 5.16. The lowest BCUT2D eigenvalue weighted by atomic mass is 9.91. The van der Waals surface area contributed by atoms with Crippen molar-refractivity contribution in [2.24, 2.45) is 0 Å². The monoisotopic (exact) mass is 251 g/mol. The van der Waals surface area contributed by atoms with Crippen LogP contribution < -0.4 is 4.74 Å². The van der Waals surface area contributed by atoms with Gasteiger partial charge in [0.25, 0.3) is 0 Å². The molecule has 1 aromatic carbocycles. The highest BCUT2D eigenvalue weighted by Crippen LogP contribution is 2.28. The molecule has 0 heterocycles. The lowest BCUT2D eigenvalue weighted by molar-refractivity contribution is -0.481. The quantitative estimate of drug-likeness (QED) is 0.551. The molecule has 1 aromatic rings. The number of ether oxygens (including phenoxy) is 1. The van der Waals surface area contributed by atoms with Crippen LogP contribution >= 0.6 is 0 Å². The molecule has 5 nitrogen and oxygen atoms in total. The highest BCUT2D eigenvalue weighted by Gasteiger charge is 2.27. The zero-order valence-corrected chi connectivity index (χ0v) is 10.6. The number of nitro groups is 1. The summed E-state index contributed by atoms with van der Waals surface area (Å²) in [6.07, 6.45) is 1.03. The van der Waals surface area contributed by atoms with Crippen molar-refractivity contribution in [3.05, 3.63) is 39.9 Å². The van der Waals surface area contributed by atoms with E-state index in [0.29, 0.717) is 24.2 Å². The fraction of sp³-hybridized carbons (Fsp3) is 0.462. The molecule has 0 radical (unpaired) electrons. The van der Waals surface area contributed by atoms with Gasteiger partial charge in [0, 0.05) is 16.9 Å². The number of nitrogens with zero attached hydrogens (tertiary/aromatic N) is 1. The Kier molecular flexibility index (Phi) is 5.30. The number of methoxy groups -OCH3 is 1. The number of hydrogen-bond donors (Lipinski definition) is 0. The molecule has 0 spiro atoms. The molecule has 0 amide bonds. The van der Waals surface area contributed by atoms with Crippen LogP contribution in [0.5, 0.6) is 5.75 Å². The Labute approximate surface area is 106 Å². The van der Waals surface area contributed by atoms with E-state index in [2.05, 4.69) is 0 Å². The maximum absolute atomic E-state index is 12.0. The van der Waals surface area contributed by atoms with Gasteiger partial charge in [0.15, 0.2) is 0 Å². The van der Waals surface area contributed by atoms with Crippen LogP contribution in [0.15, 0.2) is 24.3 Å². The molecule has 0 saturated heterocycles. The summed E-state index contributed by atoms with van der Waals surface area (Å²) in [5.74, 6) is -0.316. The van der Waals surface area contributed by atoms with Gasteiger partial charge in [0.1, 0.15) is 17.5 Å². The zero-order valence-electron chi connectivity index (χ0n) is 10.6. The number of ketones is 1. The second-order valence-electron chi connectivity index (χ2n) is 4.03. The topological polar surface area (TPSA) is 69.4 Å². The van der Waals surface area contributed by atoms with E-state index in [-0.39, 0.29) is 12.3 Å². The molecule has 1 rings (SSSR count). The molecule has 98 valence electrons. The molecule has 1 atom stereocenters. The average Bonchev–Trinajstić information content (AvgIpc) is 2.36. The van der Waals surface area contributed by atoms with Crippen LogP contribution in [0.1, 0.15) is 31.2 Å². The molecule has 0 N–H and O–H groups in total. The first-order valence-electron chi connectivity index (χ1n) is 5.87. The third kappa shape index (κ3) is 3.55. The number of para-hydroxylation sites is 1. The van der Waals surface area contributed by atoms with Gasteiger partial charge in [-0.15, -0.1) is 0 Å². The Hall–Kier alpha value is -1.91. The molecule has 0 aliphatic heterocycles. The first kappa shape index (κ1) is 14.2. The molecular weight excluding hydrogens is 234 g/mol. The zero-order chi connectivity index (χ0) is 13.5. The molecule has 18 heavy (non-hydrogen) atoms. The van der Waals surface area contributed by atoms with Gasteiger partial charge < -0.3 is 4.74 Å². The molecule has 5 heteroatoms. The van der Waals surface area contributed by atoms with Gasteiger partial charge >= 0.3 is 0 Å². The second kappa shape index (κ2) is 6.74. The van der Waals surface area contributed by atoms with Gasteiger partial charge in [0.2, 0.25) is 6.54 Å². The predicted molar refractivity (Wildman–Crippen MR) is 67.5 cm³/mol. The molecule has 1 unspecified atom stereocenters. The normalized spacial score (nSPS) is 11.9. The van der Waals surface area contributed by atoms with Crippen LogP contribution in [0.2, 0.25) is 0 Å². The number of carbonyl (C=O) groups excluding carboxylic acids is 1. The minimum absolute atomic E-state index is 0.112. The molecular formula is C13H17NO4. The van der Waals surface area contributed by atoms with Gasteiger partial charge in [-0.2, -0.15) is 0 Å². The smallest absolute Gasteiger partial charge is 0.217 e. The minimum Gasteiger partial charge on any atom is -0.496 e. The fourth-order valence-corrected chi connectivity index (χ4v) is 1.90. The van der Waals surface area contributed by atoms with Crippen molar-refractivity contribution in [3.63, 3.8) is 0 Å². The summed E-state index contributed by atoms with van der Waals surface area (Å²) in [5.41, 5.74) is 0.593. The Morgan fingerprint density at radius 3 is 2.67 bits per heavy atom. The van der Waals surface area contributed by atoms with Crippen LogP contribution in [0, 0.1) is 10.1 Å². The third-order valence-electron chi connectivity index (χ3n) is 2.73. The maximum Gasteiger partial charge on any atom is 0.217 e. The number of benzene rings is 1. The molecule has 0 saturated carbocycles. The molecule has 0 aliphatic rings. The van der Waals surface area contributed by atoms with Gasteiger partial charge in [-0.1, -0.05) is 25.1 Å². The predicted octanol–water partition coefficient (Wildman–Crippen LogP) is 2.42. The van der Waals surface area contributed by atoms with E-state index < -0.39 is 10.8 Å². The summed E-state index contributed by atoms with van der Waals surface area (Å²) in [6, 6.07) is 6.95. The van der Waals surface area contributed by atoms with Crippen molar-refractivity contribution in [2.75, 3.05) is 13.7 Å². The van der Waals surface area contributed by atoms with Crippen molar-refractivity contribution in [1.29, 1.82) is 0 Å². The van der Waals surface area contributed by atoms with Crippen LogP contribution in [-0.4, -0.2) is 24.4 Å². The number of rotatable bonds is 7. The Bertz CT molecular complexity index is 431. The van der Waals surface area contributed by atoms with Crippen LogP contribution in [-0.2, 0) is 4.79 Å². The summed E-state index contributed by atoms with van der Waals surface area (Å²) in [4.78, 5) is 22.2. The van der Waals surface area contributed by atoms with E-state index >= 15 is 0 Å². The van der Waals surface area contributed by atoms with Crippen molar-refractivity contribution >= 4 is 5.78 Å². The standard InChI is InChI=1S/C13H17NO4/c1-3-6-12(15)11(9-14(16)17)10-7-4-5-8-13(10)18-2/h4-5,7-8,11H,3,6,9H2,1-2H3. The van der Waals surface area contributed by atoms with Crippen LogP contribution in [0.25, 0.3) is 0 Å². The van der Waals surface area contributed by atoms with E-state index in [1.807, 2.05) is 6.92 Å². The molecule has 0 aliphatic carbocycles. The fourth-order valence-electron chi connectivity index (χ4n) is 1.90. The summed E-state index contributed by atoms with van der Waals surface area (Å²) in [7, 11) is 1.49. The SMILES string of the molecule is CCCC(=O)C(C[N+](=O)[O-])c1ccccc1OC. The van der Waals surface area contributed by atoms with Crippen molar-refractivity contribution in [1.82, 2.24) is 0 Å². The van der Waals surface area contributed by atoms with E-state index in [9.17, 15) is 14.9 Å². The number of Topliss-reactive ketones (excluding diaryl/α,β-unsaturated/α-hetero) is 1. The lowest BCUT2D eigenvalue weighted by Crippen LogP contribution is -2.21. The van der Waals surface area contributed by atoms with Crippen LogP contribution in [0.3, 0.4) is 0 Å². The number of carbonyl (C=O) groups is 1. The number of hydrogen-bond acceptors (Lipinski definition) is 4. The molecule has 0 aromatic heterocycles. The highest BCUT2D eigenvalue weighted by atomic mass is 16.6. The average molecular weight is 251 g/mol. The second-order valence-corrected chi connectivity index (χ2v) is 4.03. The largest absolute Gasteiger partial charge is 0.496 e. The van der Waals surface area contributed by atoms with E-state index in [0.717, 1.165) is 0 Å². The maximum atomic E-state index is 12.0. The summed E-state index contributed by atoms with van der Waals surface area (Å²) in [6.45, 7) is 1.49. The summed E-state index contributed by atoms with van der Waals surface area (Å²) >= 11 is 0. The first-order chi connectivity index (χ1) is 8.60. The molecule has 0 bridgehead atoms. The van der Waals surface area contributed by atoms with Gasteiger partial charge in [0.05, 0.1) is 7.11 Å². The van der Waals surface area contributed by atoms with E-state index in [4.69, 9.17) is 4.74 Å². The van der Waals surface area contributed by atoms with E-state index in [1.165, 1.54) is 7.11 Å². The minimum atomic E-state index is -0.726. The summed E-state index contributed by atoms with van der Waals surface area (Å²) in [5, 5.41) is 10.7. The Balaban J connectivity index is 3.08. The van der Waals surface area contributed by atoms with Gasteiger partial charge in [-0.3, -0.25) is 14.9 Å². The lowest BCUT2D eigenvalue weighted by Gasteiger charge is -2.15. The third-order valence-corrected chi connectivity index (χ3v) is 2.73. The molecule has 0 fully saturated rings. The first-order valence-corrected chi connectivity index (χ1v) is 5.87. The highest BCUT2D eigenvalue weighted by molar-refractivity contribution is 5.86. The van der Waals surface area contributed by atoms with Crippen molar-refractivity contribution in [3.8, 4) is 5.75 Å². The van der Waals surface area contributed by atoms with Gasteiger partial charge in [-0.25, -0.2) is 0 Å². The van der Waals surface area contributed by atoms with Crippen LogP contribution in [0.4, 0.5) is 0 Å². The van der Waals surface area contributed by atoms with Crippen molar-refractivity contribution in [2.45, 2.75) is 25.7 Å². The van der Waals surface area contributed by atoms with Gasteiger partial charge in [-0.05, 0) is 12.5 Å². The Morgan fingerprint density at radius 1 is 1.44 bits per heavy atom. The van der Waals surface area contributed by atoms with E-state index in [1.54, 1.807) is 24.3 Å². The van der Waals surface area contributed by atoms with Crippen molar-refractivity contribution < 1.29 is 14.5 Å². The Morgan fingerprint density at radius 2 is 2.11 bits per heavy atom.